The molecule has 0 saturated carbocycles. The summed E-state index contributed by atoms with van der Waals surface area (Å²) < 4.78 is 0. The largest absolute Gasteiger partial charge is 0.318 e. The summed E-state index contributed by atoms with van der Waals surface area (Å²) in [5, 5.41) is 3.35. The molecule has 1 aromatic rings. The molecule has 1 unspecified atom stereocenters. The van der Waals surface area contributed by atoms with Crippen LogP contribution in [0.1, 0.15) is 24.4 Å². The first-order valence-electron chi connectivity index (χ1n) is 7.32. The maximum atomic E-state index is 3.35. The van der Waals surface area contributed by atoms with Crippen LogP contribution >= 0.6 is 0 Å². The maximum Gasteiger partial charge on any atom is 0.0472 e. The molecule has 1 saturated heterocycles. The Kier molecular flexibility index (Phi) is 5.37. The summed E-state index contributed by atoms with van der Waals surface area (Å²) in [5.41, 5.74) is 1.43. The summed E-state index contributed by atoms with van der Waals surface area (Å²) in [6, 6.07) is 12.1. The molecule has 106 valence electrons. The molecule has 3 nitrogen and oxygen atoms in total. The smallest absolute Gasteiger partial charge is 0.0472 e. The van der Waals surface area contributed by atoms with Crippen molar-refractivity contribution in [3.8, 4) is 0 Å². The van der Waals surface area contributed by atoms with Crippen molar-refractivity contribution in [1.82, 2.24) is 15.1 Å². The van der Waals surface area contributed by atoms with E-state index in [0.29, 0.717) is 6.04 Å². The van der Waals surface area contributed by atoms with E-state index >= 15 is 0 Å². The van der Waals surface area contributed by atoms with E-state index in [1.165, 1.54) is 31.5 Å². The zero-order chi connectivity index (χ0) is 13.7. The van der Waals surface area contributed by atoms with Crippen molar-refractivity contribution >= 4 is 0 Å². The predicted octanol–water partition coefficient (Wildman–Crippen LogP) is 1.97. The van der Waals surface area contributed by atoms with Gasteiger partial charge < -0.3 is 10.2 Å². The summed E-state index contributed by atoms with van der Waals surface area (Å²) in [5.74, 6) is 0. The number of nitrogens with one attached hydrogen (secondary N) is 1. The van der Waals surface area contributed by atoms with Gasteiger partial charge in [0.05, 0.1) is 0 Å². The number of nitrogens with zero attached hydrogens (tertiary/aromatic N) is 2. The minimum absolute atomic E-state index is 0.509. The molecule has 1 N–H and O–H groups in total. The van der Waals surface area contributed by atoms with E-state index in [4.69, 9.17) is 0 Å². The maximum absolute atomic E-state index is 3.35. The first-order chi connectivity index (χ1) is 9.22. The number of likely N-dealkylation sites (tertiary alicyclic amines) is 1. The fourth-order valence-electron chi connectivity index (χ4n) is 3.04. The highest BCUT2D eigenvalue weighted by atomic mass is 15.2. The SMILES string of the molecule is CNCC(c1ccccc1)N1CCC(N(C)C)CC1. The molecule has 1 atom stereocenters. The average Bonchev–Trinajstić information content (AvgIpc) is 2.46. The monoisotopic (exact) mass is 261 g/mol. The van der Waals surface area contributed by atoms with Crippen LogP contribution in [0.25, 0.3) is 0 Å². The van der Waals surface area contributed by atoms with Crippen LogP contribution in [0.2, 0.25) is 0 Å². The molecular weight excluding hydrogens is 234 g/mol. The van der Waals surface area contributed by atoms with Gasteiger partial charge in [-0.3, -0.25) is 4.90 Å². The first-order valence-corrected chi connectivity index (χ1v) is 7.32. The van der Waals surface area contributed by atoms with Gasteiger partial charge in [0, 0.05) is 31.7 Å². The normalized spacial score (nSPS) is 19.8. The van der Waals surface area contributed by atoms with Crippen LogP contribution in [0.4, 0.5) is 0 Å². The Labute approximate surface area is 117 Å². The first kappa shape index (κ1) is 14.5. The number of likely N-dealkylation sites (N-methyl/N-ethyl adjacent to an activating group) is 1. The summed E-state index contributed by atoms with van der Waals surface area (Å²) in [7, 11) is 6.44. The molecule has 1 fully saturated rings. The van der Waals surface area contributed by atoms with Gasteiger partial charge in [-0.2, -0.15) is 0 Å². The summed E-state index contributed by atoms with van der Waals surface area (Å²) >= 11 is 0. The highest BCUT2D eigenvalue weighted by molar-refractivity contribution is 5.19. The van der Waals surface area contributed by atoms with Gasteiger partial charge in [-0.1, -0.05) is 30.3 Å². The second kappa shape index (κ2) is 7.04. The van der Waals surface area contributed by atoms with Gasteiger partial charge in [-0.15, -0.1) is 0 Å². The summed E-state index contributed by atoms with van der Waals surface area (Å²) in [6.07, 6.45) is 2.56. The highest BCUT2D eigenvalue weighted by Crippen LogP contribution is 2.25. The molecule has 19 heavy (non-hydrogen) atoms. The van der Waals surface area contributed by atoms with Crippen LogP contribution in [-0.2, 0) is 0 Å². The Balaban J connectivity index is 2.01. The second-order valence-electron chi connectivity index (χ2n) is 5.71. The lowest BCUT2D eigenvalue weighted by Gasteiger charge is -2.39. The minimum atomic E-state index is 0.509. The van der Waals surface area contributed by atoms with Crippen LogP contribution < -0.4 is 5.32 Å². The molecule has 3 heteroatoms. The van der Waals surface area contributed by atoms with Crippen molar-refractivity contribution in [1.29, 1.82) is 0 Å². The van der Waals surface area contributed by atoms with Gasteiger partial charge in [-0.05, 0) is 39.5 Å². The molecular formula is C16H27N3. The second-order valence-corrected chi connectivity index (χ2v) is 5.71. The fraction of sp³-hybridized carbons (Fsp3) is 0.625. The van der Waals surface area contributed by atoms with E-state index in [0.717, 1.165) is 12.6 Å². The third kappa shape index (κ3) is 3.78. The molecule has 2 rings (SSSR count). The van der Waals surface area contributed by atoms with Crippen molar-refractivity contribution in [2.24, 2.45) is 0 Å². The van der Waals surface area contributed by atoms with Gasteiger partial charge in [0.15, 0.2) is 0 Å². The lowest BCUT2D eigenvalue weighted by molar-refractivity contribution is 0.108. The van der Waals surface area contributed by atoms with E-state index in [1.54, 1.807) is 0 Å². The molecule has 1 aliphatic heterocycles. The topological polar surface area (TPSA) is 18.5 Å². The van der Waals surface area contributed by atoms with Crippen LogP contribution in [-0.4, -0.2) is 56.6 Å². The van der Waals surface area contributed by atoms with Crippen molar-refractivity contribution < 1.29 is 0 Å². The van der Waals surface area contributed by atoms with Gasteiger partial charge in [-0.25, -0.2) is 0 Å². The van der Waals surface area contributed by atoms with E-state index in [9.17, 15) is 0 Å². The van der Waals surface area contributed by atoms with Gasteiger partial charge in [0.1, 0.15) is 0 Å². The molecule has 0 amide bonds. The van der Waals surface area contributed by atoms with Crippen molar-refractivity contribution in [3.63, 3.8) is 0 Å². The minimum Gasteiger partial charge on any atom is -0.318 e. The quantitative estimate of drug-likeness (QED) is 0.874. The molecule has 0 aromatic heterocycles. The molecule has 1 aliphatic rings. The lowest BCUT2D eigenvalue weighted by Crippen LogP contribution is -2.45. The summed E-state index contributed by atoms with van der Waals surface area (Å²) in [4.78, 5) is 5.00. The molecule has 0 bridgehead atoms. The van der Waals surface area contributed by atoms with Gasteiger partial charge in [0.2, 0.25) is 0 Å². The average molecular weight is 261 g/mol. The van der Waals surface area contributed by atoms with Crippen LogP contribution in [0, 0.1) is 0 Å². The molecule has 0 spiro atoms. The van der Waals surface area contributed by atoms with Crippen molar-refractivity contribution in [2.75, 3.05) is 40.8 Å². The van der Waals surface area contributed by atoms with Crippen LogP contribution in [0.5, 0.6) is 0 Å². The van der Waals surface area contributed by atoms with E-state index in [1.807, 2.05) is 7.05 Å². The Morgan fingerprint density at radius 1 is 1.21 bits per heavy atom. The van der Waals surface area contributed by atoms with Crippen molar-refractivity contribution in [3.05, 3.63) is 35.9 Å². The number of rotatable bonds is 5. The molecule has 1 aromatic carbocycles. The molecule has 0 radical (unpaired) electrons. The zero-order valence-corrected chi connectivity index (χ0v) is 12.5. The van der Waals surface area contributed by atoms with E-state index < -0.39 is 0 Å². The number of benzene rings is 1. The Bertz CT molecular complexity index is 356. The number of hydrogen-bond donors (Lipinski definition) is 1. The van der Waals surface area contributed by atoms with Gasteiger partial charge >= 0.3 is 0 Å². The number of hydrogen-bond acceptors (Lipinski definition) is 3. The highest BCUT2D eigenvalue weighted by Gasteiger charge is 2.26. The van der Waals surface area contributed by atoms with Crippen LogP contribution in [0.15, 0.2) is 30.3 Å². The van der Waals surface area contributed by atoms with E-state index in [2.05, 4.69) is 59.5 Å². The summed E-state index contributed by atoms with van der Waals surface area (Å²) in [6.45, 7) is 3.42. The Morgan fingerprint density at radius 2 is 1.84 bits per heavy atom. The molecule has 0 aliphatic carbocycles. The lowest BCUT2D eigenvalue weighted by atomic mass is 9.98. The third-order valence-corrected chi connectivity index (χ3v) is 4.25. The third-order valence-electron chi connectivity index (χ3n) is 4.25. The van der Waals surface area contributed by atoms with E-state index in [-0.39, 0.29) is 0 Å². The van der Waals surface area contributed by atoms with Gasteiger partial charge in [0.25, 0.3) is 0 Å². The number of piperidine rings is 1. The fourth-order valence-corrected chi connectivity index (χ4v) is 3.04. The standard InChI is InChI=1S/C16H27N3/c1-17-13-16(14-7-5-4-6-8-14)19-11-9-15(10-12-19)18(2)3/h4-8,15-17H,9-13H2,1-3H3. The van der Waals surface area contributed by atoms with Crippen LogP contribution in [0.3, 0.4) is 0 Å². The Morgan fingerprint density at radius 3 is 2.37 bits per heavy atom. The zero-order valence-electron chi connectivity index (χ0n) is 12.5. The molecule has 1 heterocycles. The predicted molar refractivity (Wildman–Crippen MR) is 81.4 cm³/mol. The Hall–Kier alpha value is -0.900. The van der Waals surface area contributed by atoms with Crippen molar-refractivity contribution in [2.45, 2.75) is 24.9 Å².